The standard InChI is InChI=1S/C13H17ClFN3O/c1-17-13(19)11-4-2-3-5-18(11)12-7-9(15)8(14)6-10(12)16/h6-7,11H,2-5,16H2,1H3,(H,17,19). The van der Waals surface area contributed by atoms with Gasteiger partial charge in [0.25, 0.3) is 0 Å². The minimum atomic E-state index is -0.521. The summed E-state index contributed by atoms with van der Waals surface area (Å²) in [6.07, 6.45) is 2.67. The number of hydrogen-bond donors (Lipinski definition) is 2. The van der Waals surface area contributed by atoms with E-state index in [-0.39, 0.29) is 17.0 Å². The molecule has 0 radical (unpaired) electrons. The van der Waals surface area contributed by atoms with Crippen molar-refractivity contribution >= 4 is 28.9 Å². The summed E-state index contributed by atoms with van der Waals surface area (Å²) in [5.74, 6) is -0.596. The van der Waals surface area contributed by atoms with Crippen LogP contribution in [0, 0.1) is 5.82 Å². The van der Waals surface area contributed by atoms with Gasteiger partial charge in [0.1, 0.15) is 11.9 Å². The Bertz CT molecular complexity index is 495. The molecule has 1 heterocycles. The van der Waals surface area contributed by atoms with Gasteiger partial charge >= 0.3 is 0 Å². The fourth-order valence-corrected chi connectivity index (χ4v) is 2.63. The number of benzene rings is 1. The van der Waals surface area contributed by atoms with Crippen molar-refractivity contribution in [2.24, 2.45) is 0 Å². The van der Waals surface area contributed by atoms with E-state index in [2.05, 4.69) is 5.32 Å². The molecule has 1 aromatic carbocycles. The normalized spacial score (nSPS) is 19.3. The Balaban J connectivity index is 2.37. The van der Waals surface area contributed by atoms with E-state index in [1.165, 1.54) is 12.1 Å². The van der Waals surface area contributed by atoms with Crippen LogP contribution in [-0.2, 0) is 4.79 Å². The average molecular weight is 286 g/mol. The van der Waals surface area contributed by atoms with Gasteiger partial charge in [0.2, 0.25) is 5.91 Å². The maximum atomic E-state index is 13.6. The predicted molar refractivity (Wildman–Crippen MR) is 74.9 cm³/mol. The number of hydrogen-bond acceptors (Lipinski definition) is 3. The number of amides is 1. The summed E-state index contributed by atoms with van der Waals surface area (Å²) in [6.45, 7) is 0.684. The summed E-state index contributed by atoms with van der Waals surface area (Å²) in [4.78, 5) is 13.8. The molecule has 19 heavy (non-hydrogen) atoms. The number of piperidine rings is 1. The van der Waals surface area contributed by atoms with Crippen LogP contribution < -0.4 is 16.0 Å². The van der Waals surface area contributed by atoms with Crippen molar-refractivity contribution in [1.82, 2.24) is 5.32 Å². The lowest BCUT2D eigenvalue weighted by molar-refractivity contribution is -0.122. The van der Waals surface area contributed by atoms with Gasteiger partial charge < -0.3 is 16.0 Å². The summed E-state index contributed by atoms with van der Waals surface area (Å²) in [7, 11) is 1.60. The van der Waals surface area contributed by atoms with Gasteiger partial charge in [0, 0.05) is 19.7 Å². The predicted octanol–water partition coefficient (Wildman–Crippen LogP) is 2.17. The zero-order valence-corrected chi connectivity index (χ0v) is 11.5. The quantitative estimate of drug-likeness (QED) is 0.819. The summed E-state index contributed by atoms with van der Waals surface area (Å²) in [6, 6.07) is 2.39. The molecule has 0 aromatic heterocycles. The zero-order valence-electron chi connectivity index (χ0n) is 10.7. The summed E-state index contributed by atoms with van der Waals surface area (Å²) in [5.41, 5.74) is 6.83. The number of anilines is 2. The fraction of sp³-hybridized carbons (Fsp3) is 0.462. The van der Waals surface area contributed by atoms with Crippen LogP contribution >= 0.6 is 11.6 Å². The summed E-state index contributed by atoms with van der Waals surface area (Å²) >= 11 is 5.70. The Hall–Kier alpha value is -1.49. The topological polar surface area (TPSA) is 58.4 Å². The molecule has 1 unspecified atom stereocenters. The molecular weight excluding hydrogens is 269 g/mol. The second kappa shape index (κ2) is 5.65. The minimum absolute atomic E-state index is 0.00486. The maximum Gasteiger partial charge on any atom is 0.242 e. The molecule has 0 spiro atoms. The largest absolute Gasteiger partial charge is 0.397 e. The molecule has 0 bridgehead atoms. The highest BCUT2D eigenvalue weighted by molar-refractivity contribution is 6.31. The van der Waals surface area contributed by atoms with Gasteiger partial charge in [-0.1, -0.05) is 11.6 Å². The highest BCUT2D eigenvalue weighted by Gasteiger charge is 2.29. The second-order valence-electron chi connectivity index (χ2n) is 4.64. The first-order valence-corrected chi connectivity index (χ1v) is 6.65. The number of nitrogens with one attached hydrogen (secondary N) is 1. The number of likely N-dealkylation sites (N-methyl/N-ethyl adjacent to an activating group) is 1. The molecule has 2 rings (SSSR count). The monoisotopic (exact) mass is 285 g/mol. The average Bonchev–Trinajstić information content (AvgIpc) is 2.42. The van der Waals surface area contributed by atoms with Gasteiger partial charge in [-0.3, -0.25) is 4.79 Å². The lowest BCUT2D eigenvalue weighted by atomic mass is 10.00. The van der Waals surface area contributed by atoms with E-state index in [0.717, 1.165) is 19.3 Å². The third-order valence-corrected chi connectivity index (χ3v) is 3.72. The van der Waals surface area contributed by atoms with Crippen LogP contribution in [-0.4, -0.2) is 25.5 Å². The van der Waals surface area contributed by atoms with E-state index in [4.69, 9.17) is 17.3 Å². The molecule has 4 nitrogen and oxygen atoms in total. The molecule has 3 N–H and O–H groups in total. The molecule has 1 fully saturated rings. The summed E-state index contributed by atoms with van der Waals surface area (Å²) < 4.78 is 13.6. The maximum absolute atomic E-state index is 13.6. The van der Waals surface area contributed by atoms with E-state index in [9.17, 15) is 9.18 Å². The fourth-order valence-electron chi connectivity index (χ4n) is 2.46. The Morgan fingerprint density at radius 1 is 1.53 bits per heavy atom. The first-order chi connectivity index (χ1) is 9.04. The molecule has 1 saturated heterocycles. The Morgan fingerprint density at radius 2 is 2.26 bits per heavy atom. The third kappa shape index (κ3) is 2.76. The van der Waals surface area contributed by atoms with E-state index in [1.807, 2.05) is 4.90 Å². The van der Waals surface area contributed by atoms with E-state index < -0.39 is 5.82 Å². The lowest BCUT2D eigenvalue weighted by Gasteiger charge is -2.37. The number of carbonyl (C=O) groups is 1. The van der Waals surface area contributed by atoms with E-state index >= 15 is 0 Å². The van der Waals surface area contributed by atoms with Crippen molar-refractivity contribution < 1.29 is 9.18 Å². The zero-order chi connectivity index (χ0) is 14.0. The molecule has 1 atom stereocenters. The van der Waals surface area contributed by atoms with Crippen molar-refractivity contribution in [1.29, 1.82) is 0 Å². The number of nitrogen functional groups attached to an aromatic ring is 1. The second-order valence-corrected chi connectivity index (χ2v) is 5.05. The van der Waals surface area contributed by atoms with E-state index in [1.54, 1.807) is 7.05 Å². The van der Waals surface area contributed by atoms with Gasteiger partial charge in [0.05, 0.1) is 16.4 Å². The number of halogens is 2. The first-order valence-electron chi connectivity index (χ1n) is 6.27. The van der Waals surface area contributed by atoms with Gasteiger partial charge in [-0.25, -0.2) is 4.39 Å². The lowest BCUT2D eigenvalue weighted by Crippen LogP contribution is -2.49. The molecule has 0 aliphatic carbocycles. The van der Waals surface area contributed by atoms with Crippen LogP contribution in [0.25, 0.3) is 0 Å². The van der Waals surface area contributed by atoms with Crippen molar-refractivity contribution in [2.75, 3.05) is 24.2 Å². The summed E-state index contributed by atoms with van der Waals surface area (Å²) in [5, 5.41) is 2.63. The van der Waals surface area contributed by atoms with Crippen molar-refractivity contribution in [3.05, 3.63) is 23.0 Å². The molecule has 1 aromatic rings. The SMILES string of the molecule is CNC(=O)C1CCCCN1c1cc(F)c(Cl)cc1N. The van der Waals surface area contributed by atoms with Gasteiger partial charge in [0.15, 0.2) is 0 Å². The molecule has 1 aliphatic rings. The van der Waals surface area contributed by atoms with Crippen molar-refractivity contribution in [2.45, 2.75) is 25.3 Å². The Kier molecular flexibility index (Phi) is 4.14. The highest BCUT2D eigenvalue weighted by Crippen LogP contribution is 2.33. The molecule has 1 aliphatic heterocycles. The van der Waals surface area contributed by atoms with Gasteiger partial charge in [-0.2, -0.15) is 0 Å². The molecule has 0 saturated carbocycles. The molecule has 1 amide bonds. The van der Waals surface area contributed by atoms with Crippen molar-refractivity contribution in [3.63, 3.8) is 0 Å². The number of nitrogens with two attached hydrogens (primary N) is 1. The molecular formula is C13H17ClFN3O. The number of rotatable bonds is 2. The van der Waals surface area contributed by atoms with Crippen LogP contribution in [0.1, 0.15) is 19.3 Å². The highest BCUT2D eigenvalue weighted by atomic mass is 35.5. The van der Waals surface area contributed by atoms with Gasteiger partial charge in [-0.05, 0) is 25.3 Å². The van der Waals surface area contributed by atoms with Gasteiger partial charge in [-0.15, -0.1) is 0 Å². The Morgan fingerprint density at radius 3 is 2.95 bits per heavy atom. The molecule has 6 heteroatoms. The molecule has 104 valence electrons. The van der Waals surface area contributed by atoms with Crippen molar-refractivity contribution in [3.8, 4) is 0 Å². The van der Waals surface area contributed by atoms with Crippen LogP contribution in [0.5, 0.6) is 0 Å². The van der Waals surface area contributed by atoms with Crippen LogP contribution in [0.2, 0.25) is 5.02 Å². The minimum Gasteiger partial charge on any atom is -0.397 e. The van der Waals surface area contributed by atoms with Crippen LogP contribution in [0.15, 0.2) is 12.1 Å². The number of nitrogens with zero attached hydrogens (tertiary/aromatic N) is 1. The van der Waals surface area contributed by atoms with Crippen LogP contribution in [0.3, 0.4) is 0 Å². The smallest absolute Gasteiger partial charge is 0.242 e. The third-order valence-electron chi connectivity index (χ3n) is 3.43. The first kappa shape index (κ1) is 13.9. The van der Waals surface area contributed by atoms with Crippen LogP contribution in [0.4, 0.5) is 15.8 Å². The Labute approximate surface area is 116 Å². The number of carbonyl (C=O) groups excluding carboxylic acids is 1. The van der Waals surface area contributed by atoms with E-state index in [0.29, 0.717) is 17.9 Å².